The van der Waals surface area contributed by atoms with Crippen LogP contribution in [0.1, 0.15) is 21.3 Å². The Labute approximate surface area is 105 Å². The Balaban J connectivity index is 2.20. The first-order valence-corrected chi connectivity index (χ1v) is 6.39. The lowest BCUT2D eigenvalue weighted by atomic mass is 10.3. The van der Waals surface area contributed by atoms with Crippen molar-refractivity contribution < 1.29 is 4.79 Å². The lowest BCUT2D eigenvalue weighted by molar-refractivity contribution is 0.0970. The molecule has 0 N–H and O–H groups in total. The molecule has 2 heterocycles. The Hall–Kier alpha value is -1.01. The molecule has 2 aromatic rings. The molecular weight excluding hydrogens is 290 g/mol. The van der Waals surface area contributed by atoms with Gasteiger partial charge in [0.25, 0.3) is 0 Å². The van der Waals surface area contributed by atoms with E-state index in [0.717, 1.165) is 15.2 Å². The van der Waals surface area contributed by atoms with E-state index in [1.807, 2.05) is 25.3 Å². The third-order valence-electron chi connectivity index (χ3n) is 2.13. The maximum Gasteiger partial charge on any atom is 0.195 e. The molecule has 6 heteroatoms. The van der Waals surface area contributed by atoms with Crippen LogP contribution in [0.2, 0.25) is 0 Å². The second kappa shape index (κ2) is 4.47. The van der Waals surface area contributed by atoms with Gasteiger partial charge >= 0.3 is 0 Å². The zero-order chi connectivity index (χ0) is 11.7. The number of aryl methyl sites for hydroxylation is 2. The van der Waals surface area contributed by atoms with Crippen molar-refractivity contribution in [3.05, 3.63) is 32.4 Å². The van der Waals surface area contributed by atoms with Crippen LogP contribution in [-0.4, -0.2) is 20.5 Å². The van der Waals surface area contributed by atoms with Crippen LogP contribution >= 0.6 is 27.3 Å². The van der Waals surface area contributed by atoms with Crippen molar-refractivity contribution in [3.8, 4) is 0 Å². The molecule has 0 spiro atoms. The largest absolute Gasteiger partial charge is 0.291 e. The molecular formula is C10H10BrN3OS. The van der Waals surface area contributed by atoms with Crippen LogP contribution in [0.5, 0.6) is 0 Å². The van der Waals surface area contributed by atoms with E-state index in [1.54, 1.807) is 4.68 Å². The van der Waals surface area contributed by atoms with Crippen molar-refractivity contribution in [2.24, 2.45) is 0 Å². The highest BCUT2D eigenvalue weighted by molar-refractivity contribution is 9.10. The summed E-state index contributed by atoms with van der Waals surface area (Å²) in [4.78, 5) is 16.8. The summed E-state index contributed by atoms with van der Waals surface area (Å²) in [6.45, 7) is 3.90. The maximum absolute atomic E-state index is 11.9. The minimum Gasteiger partial charge on any atom is -0.291 e. The van der Waals surface area contributed by atoms with Crippen LogP contribution in [0.25, 0.3) is 0 Å². The Morgan fingerprint density at radius 3 is 2.81 bits per heavy atom. The van der Waals surface area contributed by atoms with Gasteiger partial charge < -0.3 is 0 Å². The Bertz CT molecular complexity index is 532. The summed E-state index contributed by atoms with van der Waals surface area (Å²) in [5, 5.41) is 6.05. The van der Waals surface area contributed by atoms with Crippen molar-refractivity contribution in [2.75, 3.05) is 0 Å². The van der Waals surface area contributed by atoms with Crippen molar-refractivity contribution in [1.82, 2.24) is 14.8 Å². The van der Waals surface area contributed by atoms with Crippen LogP contribution in [-0.2, 0) is 6.54 Å². The fourth-order valence-electron chi connectivity index (χ4n) is 1.41. The normalized spacial score (nSPS) is 10.7. The molecule has 0 amide bonds. The van der Waals surface area contributed by atoms with Crippen molar-refractivity contribution in [3.63, 3.8) is 0 Å². The second-order valence-corrected chi connectivity index (χ2v) is 5.16. The minimum absolute atomic E-state index is 0.0508. The zero-order valence-electron chi connectivity index (χ0n) is 8.90. The van der Waals surface area contributed by atoms with Gasteiger partial charge in [-0.25, -0.2) is 9.67 Å². The Kier molecular flexibility index (Phi) is 3.20. The molecule has 4 nitrogen and oxygen atoms in total. The monoisotopic (exact) mass is 299 g/mol. The molecule has 0 aromatic carbocycles. The number of ketones is 1. The number of thiophene rings is 1. The van der Waals surface area contributed by atoms with Gasteiger partial charge in [-0.15, -0.1) is 11.3 Å². The summed E-state index contributed by atoms with van der Waals surface area (Å²) in [5.74, 6) is 1.50. The molecule has 0 aliphatic heterocycles. The van der Waals surface area contributed by atoms with Crippen LogP contribution in [0.15, 0.2) is 15.9 Å². The van der Waals surface area contributed by atoms with Gasteiger partial charge in [-0.3, -0.25) is 4.79 Å². The van der Waals surface area contributed by atoms with E-state index in [2.05, 4.69) is 26.0 Å². The molecule has 0 saturated heterocycles. The molecule has 2 aromatic heterocycles. The molecule has 0 aliphatic rings. The van der Waals surface area contributed by atoms with Gasteiger partial charge in [0, 0.05) is 4.47 Å². The Morgan fingerprint density at radius 2 is 2.31 bits per heavy atom. The first-order valence-electron chi connectivity index (χ1n) is 4.72. The predicted molar refractivity (Wildman–Crippen MR) is 65.8 cm³/mol. The molecule has 0 saturated carbocycles. The van der Waals surface area contributed by atoms with Crippen LogP contribution < -0.4 is 0 Å². The molecule has 0 fully saturated rings. The van der Waals surface area contributed by atoms with Crippen LogP contribution in [0.4, 0.5) is 0 Å². The first kappa shape index (κ1) is 11.5. The fraction of sp³-hybridized carbons (Fsp3) is 0.300. The standard InChI is InChI=1S/C10H10BrN3OS/c1-6-12-7(2)14(13-6)5-9(15)10-8(11)3-4-16-10/h3-4H,5H2,1-2H3. The van der Waals surface area contributed by atoms with Gasteiger partial charge in [0.05, 0.1) is 4.88 Å². The summed E-state index contributed by atoms with van der Waals surface area (Å²) < 4.78 is 2.47. The predicted octanol–water partition coefficient (Wildman–Crippen LogP) is 2.60. The zero-order valence-corrected chi connectivity index (χ0v) is 11.3. The SMILES string of the molecule is Cc1nc(C)n(CC(=O)c2sccc2Br)n1. The molecule has 0 unspecified atom stereocenters. The quantitative estimate of drug-likeness (QED) is 0.819. The van der Waals surface area contributed by atoms with Gasteiger partial charge in [0.15, 0.2) is 5.78 Å². The maximum atomic E-state index is 11.9. The number of hydrogen-bond donors (Lipinski definition) is 0. The lowest BCUT2D eigenvalue weighted by Crippen LogP contribution is -2.12. The third-order valence-corrected chi connectivity index (χ3v) is 4.01. The van der Waals surface area contributed by atoms with Gasteiger partial charge in [-0.2, -0.15) is 5.10 Å². The average molecular weight is 300 g/mol. The highest BCUT2D eigenvalue weighted by Gasteiger charge is 2.14. The van der Waals surface area contributed by atoms with Gasteiger partial charge in [-0.05, 0) is 41.2 Å². The highest BCUT2D eigenvalue weighted by atomic mass is 79.9. The van der Waals surface area contributed by atoms with E-state index in [9.17, 15) is 4.79 Å². The van der Waals surface area contributed by atoms with Gasteiger partial charge in [-0.1, -0.05) is 0 Å². The minimum atomic E-state index is 0.0508. The molecule has 2 rings (SSSR count). The van der Waals surface area contributed by atoms with Crippen LogP contribution in [0, 0.1) is 13.8 Å². The average Bonchev–Trinajstić information content (AvgIpc) is 2.74. The molecule has 0 atom stereocenters. The van der Waals surface area contributed by atoms with E-state index >= 15 is 0 Å². The summed E-state index contributed by atoms with van der Waals surface area (Å²) >= 11 is 4.78. The topological polar surface area (TPSA) is 47.8 Å². The second-order valence-electron chi connectivity index (χ2n) is 3.38. The van der Waals surface area contributed by atoms with Crippen molar-refractivity contribution >= 4 is 33.0 Å². The van der Waals surface area contributed by atoms with E-state index in [-0.39, 0.29) is 12.3 Å². The van der Waals surface area contributed by atoms with E-state index in [0.29, 0.717) is 5.82 Å². The number of aromatic nitrogens is 3. The fourth-order valence-corrected chi connectivity index (χ4v) is 2.94. The molecule has 16 heavy (non-hydrogen) atoms. The number of hydrogen-bond acceptors (Lipinski definition) is 4. The number of carbonyl (C=O) groups is 1. The number of halogens is 1. The molecule has 0 bridgehead atoms. The van der Waals surface area contributed by atoms with Crippen molar-refractivity contribution in [1.29, 1.82) is 0 Å². The summed E-state index contributed by atoms with van der Waals surface area (Å²) in [5.41, 5.74) is 0. The number of nitrogens with zero attached hydrogens (tertiary/aromatic N) is 3. The molecule has 0 radical (unpaired) electrons. The number of rotatable bonds is 3. The Morgan fingerprint density at radius 1 is 1.56 bits per heavy atom. The molecule has 0 aliphatic carbocycles. The number of carbonyl (C=O) groups excluding carboxylic acids is 1. The van der Waals surface area contributed by atoms with E-state index in [1.165, 1.54) is 11.3 Å². The number of Topliss-reactive ketones (excluding diaryl/α,β-unsaturated/α-hetero) is 1. The summed E-state index contributed by atoms with van der Waals surface area (Å²) in [6, 6.07) is 1.87. The highest BCUT2D eigenvalue weighted by Crippen LogP contribution is 2.23. The lowest BCUT2D eigenvalue weighted by Gasteiger charge is -2.01. The van der Waals surface area contributed by atoms with E-state index < -0.39 is 0 Å². The van der Waals surface area contributed by atoms with E-state index in [4.69, 9.17) is 0 Å². The van der Waals surface area contributed by atoms with Crippen molar-refractivity contribution in [2.45, 2.75) is 20.4 Å². The van der Waals surface area contributed by atoms with Gasteiger partial charge in [0.1, 0.15) is 18.2 Å². The smallest absolute Gasteiger partial charge is 0.195 e. The third kappa shape index (κ3) is 2.22. The summed E-state index contributed by atoms with van der Waals surface area (Å²) in [6.07, 6.45) is 0. The van der Waals surface area contributed by atoms with Crippen LogP contribution in [0.3, 0.4) is 0 Å². The summed E-state index contributed by atoms with van der Waals surface area (Å²) in [7, 11) is 0. The van der Waals surface area contributed by atoms with Gasteiger partial charge in [0.2, 0.25) is 0 Å². The first-order chi connectivity index (χ1) is 7.58. The molecule has 84 valence electrons.